The van der Waals surface area contributed by atoms with Crippen molar-refractivity contribution in [2.24, 2.45) is 0 Å². The van der Waals surface area contributed by atoms with E-state index in [4.69, 9.17) is 9.47 Å². The summed E-state index contributed by atoms with van der Waals surface area (Å²) in [5.74, 6) is 2.00. The molecule has 3 heterocycles. The van der Waals surface area contributed by atoms with Crippen molar-refractivity contribution in [2.45, 2.75) is 32.2 Å². The number of hydrogen-bond acceptors (Lipinski definition) is 5. The average molecular weight is 367 g/mol. The van der Waals surface area contributed by atoms with Gasteiger partial charge in [0.25, 0.3) is 5.91 Å². The zero-order valence-electron chi connectivity index (χ0n) is 15.4. The second-order valence-electron chi connectivity index (χ2n) is 6.94. The number of benzene rings is 1. The number of aromatic nitrogens is 1. The summed E-state index contributed by atoms with van der Waals surface area (Å²) < 4.78 is 11.2. The van der Waals surface area contributed by atoms with Crippen LogP contribution in [0.2, 0.25) is 0 Å². The summed E-state index contributed by atoms with van der Waals surface area (Å²) in [4.78, 5) is 19.5. The van der Waals surface area contributed by atoms with E-state index in [1.807, 2.05) is 24.4 Å². The highest BCUT2D eigenvalue weighted by Gasteiger charge is 2.20. The second-order valence-corrected chi connectivity index (χ2v) is 6.94. The molecule has 0 bridgehead atoms. The average Bonchev–Trinajstić information content (AvgIpc) is 3.01. The standard InChI is InChI=1S/C21H25N3O3/c25-21(17-6-5-7-18-20(17)27-13-12-26-18)23-15-16-8-9-19(22-14-16)24-10-3-1-2-4-11-24/h5-9,14H,1-4,10-13,15H2,(H,23,25). The van der Waals surface area contributed by atoms with Crippen LogP contribution in [0, 0.1) is 0 Å². The Kier molecular flexibility index (Phi) is 5.42. The molecule has 2 aromatic rings. The number of para-hydroxylation sites is 1. The van der Waals surface area contributed by atoms with Crippen LogP contribution in [0.15, 0.2) is 36.5 Å². The predicted molar refractivity (Wildman–Crippen MR) is 104 cm³/mol. The summed E-state index contributed by atoms with van der Waals surface area (Å²) in [5.41, 5.74) is 1.48. The summed E-state index contributed by atoms with van der Waals surface area (Å²) in [6.07, 6.45) is 6.91. The molecule has 1 amide bonds. The number of pyridine rings is 1. The van der Waals surface area contributed by atoms with E-state index >= 15 is 0 Å². The lowest BCUT2D eigenvalue weighted by Crippen LogP contribution is -2.26. The first-order valence-corrected chi connectivity index (χ1v) is 9.68. The smallest absolute Gasteiger partial charge is 0.255 e. The third kappa shape index (κ3) is 4.15. The summed E-state index contributed by atoms with van der Waals surface area (Å²) in [5, 5.41) is 2.95. The molecule has 0 aliphatic carbocycles. The van der Waals surface area contributed by atoms with Crippen LogP contribution in [-0.4, -0.2) is 37.2 Å². The molecule has 1 saturated heterocycles. The maximum absolute atomic E-state index is 12.6. The Hall–Kier alpha value is -2.76. The largest absolute Gasteiger partial charge is 0.486 e. The maximum Gasteiger partial charge on any atom is 0.255 e. The quantitative estimate of drug-likeness (QED) is 0.899. The predicted octanol–water partition coefficient (Wildman–Crippen LogP) is 3.16. The SMILES string of the molecule is O=C(NCc1ccc(N2CCCCCC2)nc1)c1cccc2c1OCCO2. The van der Waals surface area contributed by atoms with Gasteiger partial charge in [-0.15, -0.1) is 0 Å². The van der Waals surface area contributed by atoms with Crippen molar-refractivity contribution in [3.63, 3.8) is 0 Å². The maximum atomic E-state index is 12.6. The van der Waals surface area contributed by atoms with E-state index in [9.17, 15) is 4.79 Å². The Labute approximate surface area is 159 Å². The third-order valence-electron chi connectivity index (χ3n) is 5.00. The number of carbonyl (C=O) groups is 1. The zero-order valence-corrected chi connectivity index (χ0v) is 15.4. The zero-order chi connectivity index (χ0) is 18.5. The van der Waals surface area contributed by atoms with E-state index < -0.39 is 0 Å². The molecule has 0 spiro atoms. The Balaban J connectivity index is 1.38. The molecule has 6 heteroatoms. The van der Waals surface area contributed by atoms with Gasteiger partial charge in [0.15, 0.2) is 11.5 Å². The number of nitrogens with zero attached hydrogens (tertiary/aromatic N) is 2. The first kappa shape index (κ1) is 17.6. The van der Waals surface area contributed by atoms with Gasteiger partial charge in [0.05, 0.1) is 5.56 Å². The van der Waals surface area contributed by atoms with Crippen molar-refractivity contribution in [3.8, 4) is 11.5 Å². The molecule has 0 saturated carbocycles. The van der Waals surface area contributed by atoms with Crippen LogP contribution in [0.5, 0.6) is 11.5 Å². The Morgan fingerprint density at radius 3 is 2.63 bits per heavy atom. The van der Waals surface area contributed by atoms with Gasteiger partial charge >= 0.3 is 0 Å². The third-order valence-corrected chi connectivity index (χ3v) is 5.00. The van der Waals surface area contributed by atoms with Crippen LogP contribution < -0.4 is 19.7 Å². The van der Waals surface area contributed by atoms with E-state index in [-0.39, 0.29) is 5.91 Å². The van der Waals surface area contributed by atoms with Gasteiger partial charge in [-0.2, -0.15) is 0 Å². The van der Waals surface area contributed by atoms with Crippen LogP contribution in [0.1, 0.15) is 41.6 Å². The van der Waals surface area contributed by atoms with Crippen molar-refractivity contribution in [1.29, 1.82) is 0 Å². The van der Waals surface area contributed by atoms with Crippen molar-refractivity contribution >= 4 is 11.7 Å². The lowest BCUT2D eigenvalue weighted by molar-refractivity contribution is 0.0939. The fourth-order valence-electron chi connectivity index (χ4n) is 3.54. The van der Waals surface area contributed by atoms with Gasteiger partial charge in [0.1, 0.15) is 19.0 Å². The summed E-state index contributed by atoms with van der Waals surface area (Å²) >= 11 is 0. The van der Waals surface area contributed by atoms with Gasteiger partial charge in [0, 0.05) is 25.8 Å². The number of hydrogen-bond donors (Lipinski definition) is 1. The highest BCUT2D eigenvalue weighted by Crippen LogP contribution is 2.33. The highest BCUT2D eigenvalue weighted by atomic mass is 16.6. The monoisotopic (exact) mass is 367 g/mol. The number of anilines is 1. The van der Waals surface area contributed by atoms with E-state index in [2.05, 4.69) is 15.2 Å². The first-order chi connectivity index (χ1) is 13.3. The van der Waals surface area contributed by atoms with Crippen molar-refractivity contribution in [3.05, 3.63) is 47.7 Å². The van der Waals surface area contributed by atoms with Gasteiger partial charge < -0.3 is 19.7 Å². The molecule has 4 rings (SSSR count). The van der Waals surface area contributed by atoms with Gasteiger partial charge in [-0.3, -0.25) is 4.79 Å². The van der Waals surface area contributed by atoms with Crippen LogP contribution >= 0.6 is 0 Å². The fraction of sp³-hybridized carbons (Fsp3) is 0.429. The van der Waals surface area contributed by atoms with Crippen molar-refractivity contribution < 1.29 is 14.3 Å². The molecular formula is C21H25N3O3. The minimum atomic E-state index is -0.172. The number of amides is 1. The minimum Gasteiger partial charge on any atom is -0.486 e. The summed E-state index contributed by atoms with van der Waals surface area (Å²) in [6.45, 7) is 3.54. The molecule has 142 valence electrons. The van der Waals surface area contributed by atoms with Gasteiger partial charge in [-0.1, -0.05) is 25.0 Å². The van der Waals surface area contributed by atoms with Gasteiger partial charge in [-0.05, 0) is 36.6 Å². The minimum absolute atomic E-state index is 0.172. The Morgan fingerprint density at radius 1 is 1.04 bits per heavy atom. The molecule has 2 aliphatic rings. The lowest BCUT2D eigenvalue weighted by atomic mass is 10.1. The van der Waals surface area contributed by atoms with E-state index in [0.717, 1.165) is 24.5 Å². The highest BCUT2D eigenvalue weighted by molar-refractivity contribution is 5.97. The van der Waals surface area contributed by atoms with Crippen molar-refractivity contribution in [1.82, 2.24) is 10.3 Å². The fourth-order valence-corrected chi connectivity index (χ4v) is 3.54. The van der Waals surface area contributed by atoms with Gasteiger partial charge in [-0.25, -0.2) is 4.98 Å². The number of nitrogens with one attached hydrogen (secondary N) is 1. The number of ether oxygens (including phenoxy) is 2. The van der Waals surface area contributed by atoms with E-state index in [1.54, 1.807) is 12.1 Å². The summed E-state index contributed by atoms with van der Waals surface area (Å²) in [6, 6.07) is 9.46. The Morgan fingerprint density at radius 2 is 1.85 bits per heavy atom. The van der Waals surface area contributed by atoms with E-state index in [1.165, 1.54) is 25.7 Å². The number of carbonyl (C=O) groups excluding carboxylic acids is 1. The molecule has 0 radical (unpaired) electrons. The molecule has 1 aromatic carbocycles. The molecule has 0 unspecified atom stereocenters. The van der Waals surface area contributed by atoms with Crippen molar-refractivity contribution in [2.75, 3.05) is 31.2 Å². The number of rotatable bonds is 4. The van der Waals surface area contributed by atoms with Gasteiger partial charge in [0.2, 0.25) is 0 Å². The number of fused-ring (bicyclic) bond motifs is 1. The van der Waals surface area contributed by atoms with Crippen LogP contribution in [0.25, 0.3) is 0 Å². The summed E-state index contributed by atoms with van der Waals surface area (Å²) in [7, 11) is 0. The normalized spacial score (nSPS) is 16.5. The molecule has 1 aromatic heterocycles. The molecule has 0 atom stereocenters. The topological polar surface area (TPSA) is 63.7 Å². The van der Waals surface area contributed by atoms with E-state index in [0.29, 0.717) is 36.8 Å². The molecule has 1 N–H and O–H groups in total. The molecule has 2 aliphatic heterocycles. The van der Waals surface area contributed by atoms with Crippen LogP contribution in [-0.2, 0) is 6.54 Å². The molecule has 27 heavy (non-hydrogen) atoms. The molecule has 6 nitrogen and oxygen atoms in total. The molecule has 1 fully saturated rings. The van der Waals surface area contributed by atoms with Crippen LogP contribution in [0.3, 0.4) is 0 Å². The lowest BCUT2D eigenvalue weighted by Gasteiger charge is -2.21. The molecular weight excluding hydrogens is 342 g/mol. The Bertz CT molecular complexity index is 784. The van der Waals surface area contributed by atoms with Crippen LogP contribution in [0.4, 0.5) is 5.82 Å². The second kappa shape index (κ2) is 8.29. The first-order valence-electron chi connectivity index (χ1n) is 9.68.